The van der Waals surface area contributed by atoms with Gasteiger partial charge in [-0.2, -0.15) is 0 Å². The van der Waals surface area contributed by atoms with Crippen molar-refractivity contribution in [2.24, 2.45) is 0 Å². The molecule has 2 aromatic rings. The Kier molecular flexibility index (Phi) is 4.50. The lowest BCUT2D eigenvalue weighted by Gasteiger charge is -2.14. The van der Waals surface area contributed by atoms with Crippen molar-refractivity contribution in [2.75, 3.05) is 0 Å². The Morgan fingerprint density at radius 2 is 1.09 bits per heavy atom. The molecule has 0 radical (unpaired) electrons. The fraction of sp³-hybridized carbons (Fsp3) is 0.478. The summed E-state index contributed by atoms with van der Waals surface area (Å²) in [6.45, 7) is 0. The number of aryl methyl sites for hydroxylation is 2. The molecule has 0 heteroatoms. The molecule has 0 aliphatic heterocycles. The van der Waals surface area contributed by atoms with E-state index in [2.05, 4.69) is 36.4 Å². The summed E-state index contributed by atoms with van der Waals surface area (Å²) in [5.74, 6) is 0. The Labute approximate surface area is 140 Å². The number of rotatable bonds is 0. The number of fused-ring (bicyclic) bond motifs is 4. The number of hydrogen-bond acceptors (Lipinski definition) is 0. The summed E-state index contributed by atoms with van der Waals surface area (Å²) >= 11 is 0. The zero-order valence-corrected chi connectivity index (χ0v) is 14.2. The molecule has 2 aliphatic rings. The SMILES string of the molecule is c1ccc2c(c1)Cc1cc3c(cc1-2)CCCCCCCCCC3. The molecule has 0 saturated carbocycles. The van der Waals surface area contributed by atoms with Gasteiger partial charge in [0, 0.05) is 0 Å². The van der Waals surface area contributed by atoms with Crippen LogP contribution < -0.4 is 0 Å². The Morgan fingerprint density at radius 3 is 1.83 bits per heavy atom. The van der Waals surface area contributed by atoms with Crippen LogP contribution in [0.5, 0.6) is 0 Å². The average Bonchev–Trinajstić information content (AvgIpc) is 2.92. The molecule has 0 heterocycles. The van der Waals surface area contributed by atoms with Crippen molar-refractivity contribution in [2.45, 2.75) is 70.6 Å². The molecular weight excluding hydrogens is 276 g/mol. The Morgan fingerprint density at radius 1 is 0.478 bits per heavy atom. The smallest absolute Gasteiger partial charge is 0.00134 e. The van der Waals surface area contributed by atoms with Gasteiger partial charge >= 0.3 is 0 Å². The highest BCUT2D eigenvalue weighted by atomic mass is 14.2. The molecule has 2 aromatic carbocycles. The minimum absolute atomic E-state index is 1.14. The highest BCUT2D eigenvalue weighted by molar-refractivity contribution is 5.77. The zero-order chi connectivity index (χ0) is 15.5. The van der Waals surface area contributed by atoms with E-state index >= 15 is 0 Å². The third kappa shape index (κ3) is 3.22. The van der Waals surface area contributed by atoms with Crippen LogP contribution in [-0.2, 0) is 19.3 Å². The van der Waals surface area contributed by atoms with E-state index in [1.807, 2.05) is 0 Å². The lowest BCUT2D eigenvalue weighted by Crippen LogP contribution is -1.99. The van der Waals surface area contributed by atoms with Crippen LogP contribution in [0.1, 0.15) is 73.6 Å². The van der Waals surface area contributed by atoms with Crippen molar-refractivity contribution in [3.8, 4) is 11.1 Å². The normalized spacial score (nSPS) is 18.3. The van der Waals surface area contributed by atoms with Gasteiger partial charge in [0.25, 0.3) is 0 Å². The van der Waals surface area contributed by atoms with Crippen molar-refractivity contribution in [3.63, 3.8) is 0 Å². The number of benzene rings is 2. The average molecular weight is 304 g/mol. The second-order valence-electron chi connectivity index (χ2n) is 7.44. The van der Waals surface area contributed by atoms with Crippen LogP contribution in [-0.4, -0.2) is 0 Å². The van der Waals surface area contributed by atoms with Crippen LogP contribution in [0.4, 0.5) is 0 Å². The molecule has 120 valence electrons. The summed E-state index contributed by atoms with van der Waals surface area (Å²) < 4.78 is 0. The molecule has 0 atom stereocenters. The van der Waals surface area contributed by atoms with E-state index in [4.69, 9.17) is 0 Å². The van der Waals surface area contributed by atoms with Crippen molar-refractivity contribution in [1.82, 2.24) is 0 Å². The minimum Gasteiger partial charge on any atom is -0.0619 e. The van der Waals surface area contributed by atoms with Crippen LogP contribution in [0.2, 0.25) is 0 Å². The first-order valence-electron chi connectivity index (χ1n) is 9.65. The maximum atomic E-state index is 2.55. The van der Waals surface area contributed by atoms with Crippen LogP contribution >= 0.6 is 0 Å². The van der Waals surface area contributed by atoms with Crippen LogP contribution in [0.25, 0.3) is 11.1 Å². The van der Waals surface area contributed by atoms with Gasteiger partial charge in [-0.3, -0.25) is 0 Å². The molecule has 0 fully saturated rings. The second-order valence-corrected chi connectivity index (χ2v) is 7.44. The first-order chi connectivity index (χ1) is 11.4. The minimum atomic E-state index is 1.14. The van der Waals surface area contributed by atoms with E-state index in [1.165, 1.54) is 80.9 Å². The predicted octanol–water partition coefficient (Wildman–Crippen LogP) is 6.48. The van der Waals surface area contributed by atoms with E-state index in [1.54, 1.807) is 16.7 Å². The fourth-order valence-corrected chi connectivity index (χ4v) is 4.44. The molecule has 0 spiro atoms. The van der Waals surface area contributed by atoms with Gasteiger partial charge in [0.1, 0.15) is 0 Å². The van der Waals surface area contributed by atoms with E-state index in [0.29, 0.717) is 0 Å². The van der Waals surface area contributed by atoms with E-state index < -0.39 is 0 Å². The molecule has 2 aliphatic carbocycles. The largest absolute Gasteiger partial charge is 0.0619 e. The van der Waals surface area contributed by atoms with E-state index in [0.717, 1.165) is 6.42 Å². The summed E-state index contributed by atoms with van der Waals surface area (Å²) in [6, 6.07) is 14.1. The quantitative estimate of drug-likeness (QED) is 0.446. The van der Waals surface area contributed by atoms with Crippen molar-refractivity contribution in [1.29, 1.82) is 0 Å². The van der Waals surface area contributed by atoms with Gasteiger partial charge < -0.3 is 0 Å². The van der Waals surface area contributed by atoms with Gasteiger partial charge in [-0.05, 0) is 65.5 Å². The molecule has 0 aromatic heterocycles. The van der Waals surface area contributed by atoms with Crippen molar-refractivity contribution < 1.29 is 0 Å². The van der Waals surface area contributed by atoms with Crippen LogP contribution in [0.3, 0.4) is 0 Å². The van der Waals surface area contributed by atoms with E-state index in [9.17, 15) is 0 Å². The summed E-state index contributed by atoms with van der Waals surface area (Å²) in [6.07, 6.45) is 15.0. The monoisotopic (exact) mass is 304 g/mol. The zero-order valence-electron chi connectivity index (χ0n) is 14.2. The van der Waals surface area contributed by atoms with Gasteiger partial charge in [0.15, 0.2) is 0 Å². The molecule has 0 amide bonds. The van der Waals surface area contributed by atoms with Gasteiger partial charge in [-0.25, -0.2) is 0 Å². The second kappa shape index (κ2) is 6.91. The summed E-state index contributed by atoms with van der Waals surface area (Å²) in [5.41, 5.74) is 9.38. The molecular formula is C23H28. The Hall–Kier alpha value is -1.56. The molecule has 23 heavy (non-hydrogen) atoms. The first kappa shape index (κ1) is 15.0. The first-order valence-corrected chi connectivity index (χ1v) is 9.65. The van der Waals surface area contributed by atoms with Gasteiger partial charge in [0.2, 0.25) is 0 Å². The molecule has 4 rings (SSSR count). The van der Waals surface area contributed by atoms with E-state index in [-0.39, 0.29) is 0 Å². The molecule has 0 N–H and O–H groups in total. The lowest BCUT2D eigenvalue weighted by atomic mass is 9.91. The van der Waals surface area contributed by atoms with Gasteiger partial charge in [-0.15, -0.1) is 0 Å². The van der Waals surface area contributed by atoms with Crippen molar-refractivity contribution >= 4 is 0 Å². The van der Waals surface area contributed by atoms with Gasteiger partial charge in [-0.1, -0.05) is 74.9 Å². The maximum Gasteiger partial charge on any atom is -0.00134 e. The highest BCUT2D eigenvalue weighted by Gasteiger charge is 2.20. The molecule has 0 bridgehead atoms. The number of hydrogen-bond donors (Lipinski definition) is 0. The standard InChI is InChI=1S/C23H28/c1-2-4-6-8-12-19-17-23-21(15-18(19)11-7-5-3-1)16-20-13-9-10-14-22(20)23/h9-10,13-15,17H,1-8,11-12,16H2. The Bertz CT molecular complexity index is 680. The topological polar surface area (TPSA) is 0 Å². The fourth-order valence-electron chi connectivity index (χ4n) is 4.44. The molecule has 0 nitrogen and oxygen atoms in total. The van der Waals surface area contributed by atoms with Crippen molar-refractivity contribution in [3.05, 3.63) is 58.7 Å². The van der Waals surface area contributed by atoms with Crippen LogP contribution in [0.15, 0.2) is 36.4 Å². The predicted molar refractivity (Wildman–Crippen MR) is 99.0 cm³/mol. The third-order valence-electron chi connectivity index (χ3n) is 5.76. The summed E-state index contributed by atoms with van der Waals surface area (Å²) in [5, 5.41) is 0. The molecule has 0 unspecified atom stereocenters. The lowest BCUT2D eigenvalue weighted by molar-refractivity contribution is 0.559. The molecule has 0 saturated heterocycles. The third-order valence-corrected chi connectivity index (χ3v) is 5.76. The highest BCUT2D eigenvalue weighted by Crippen LogP contribution is 2.38. The van der Waals surface area contributed by atoms with Gasteiger partial charge in [0.05, 0.1) is 0 Å². The maximum absolute atomic E-state index is 2.55. The van der Waals surface area contributed by atoms with Crippen LogP contribution in [0, 0.1) is 0 Å². The summed E-state index contributed by atoms with van der Waals surface area (Å²) in [7, 11) is 0. The summed E-state index contributed by atoms with van der Waals surface area (Å²) in [4.78, 5) is 0. The Balaban J connectivity index is 1.66.